The quantitative estimate of drug-likeness (QED) is 0.198. The fraction of sp³-hybridized carbons (Fsp3) is 1.00. The smallest absolute Gasteiger partial charge is 0.00815 e. The molecule has 16 saturated carbocycles. The van der Waals surface area contributed by atoms with Gasteiger partial charge < -0.3 is 0 Å². The summed E-state index contributed by atoms with van der Waals surface area (Å²) in [5, 5.41) is 1.76. The van der Waals surface area contributed by atoms with E-state index in [-0.39, 0.29) is 7.92 Å². The minimum Gasteiger partial charge on any atom is -0.138 e. The standard InChI is InChI=1S/2C24H39P/c1-2-3-4-25(23-11-17-5-18(12-23)7-19(6-17)13-23)24-14-20-8-21(15-24)10-22(9-20)16-24;25-3-1-2-22(23-10-16-4-17(11-23)6-18(5-16)12-23)24-13-19-7-20(14-24)9-21(8-19)15-24/h17-22H,2-16H2,1H3;16-22H,1-15,25H2. The predicted molar refractivity (Wildman–Crippen MR) is 217 cm³/mol. The van der Waals surface area contributed by atoms with E-state index in [1.165, 1.54) is 19.0 Å². The van der Waals surface area contributed by atoms with E-state index in [1.807, 2.05) is 0 Å². The van der Waals surface area contributed by atoms with Crippen LogP contribution >= 0.6 is 17.2 Å². The second-order valence-electron chi connectivity index (χ2n) is 23.8. The predicted octanol–water partition coefficient (Wildman–Crippen LogP) is 13.9. The zero-order valence-corrected chi connectivity index (χ0v) is 34.8. The average Bonchev–Trinajstić information content (AvgIpc) is 3.03. The molecule has 0 aliphatic heterocycles. The van der Waals surface area contributed by atoms with Gasteiger partial charge in [-0.2, -0.15) is 0 Å². The third-order valence-corrected chi connectivity index (χ3v) is 24.8. The van der Waals surface area contributed by atoms with Crippen molar-refractivity contribution < 1.29 is 0 Å². The number of hydrogen-bond acceptors (Lipinski definition) is 0. The zero-order chi connectivity index (χ0) is 33.3. The summed E-state index contributed by atoms with van der Waals surface area (Å²) in [5.41, 5.74) is 1.61. The van der Waals surface area contributed by atoms with Crippen molar-refractivity contribution in [3.8, 4) is 0 Å². The van der Waals surface area contributed by atoms with Gasteiger partial charge in [-0.1, -0.05) is 21.3 Å². The first-order valence-electron chi connectivity index (χ1n) is 23.8. The molecule has 50 heavy (non-hydrogen) atoms. The molecule has 0 amide bonds. The molecule has 16 bridgehead atoms. The third-order valence-electron chi connectivity index (χ3n) is 20.2. The Morgan fingerprint density at radius 1 is 0.440 bits per heavy atom. The lowest BCUT2D eigenvalue weighted by Crippen LogP contribution is -2.58. The Hall–Kier alpha value is 0.860. The fourth-order valence-electron chi connectivity index (χ4n) is 20.9. The van der Waals surface area contributed by atoms with Crippen molar-refractivity contribution in [2.75, 3.05) is 12.3 Å². The van der Waals surface area contributed by atoms with E-state index in [0.717, 1.165) is 98.1 Å². The van der Waals surface area contributed by atoms with Crippen LogP contribution in [0.3, 0.4) is 0 Å². The van der Waals surface area contributed by atoms with Gasteiger partial charge in [0.2, 0.25) is 0 Å². The maximum atomic E-state index is 3.04. The molecule has 0 N–H and O–H groups in total. The molecule has 16 rings (SSSR count). The largest absolute Gasteiger partial charge is 0.138 e. The van der Waals surface area contributed by atoms with Crippen molar-refractivity contribution in [1.82, 2.24) is 0 Å². The summed E-state index contributed by atoms with van der Waals surface area (Å²) in [6.07, 6.45) is 48.7. The van der Waals surface area contributed by atoms with Gasteiger partial charge in [0, 0.05) is 0 Å². The van der Waals surface area contributed by atoms with Crippen LogP contribution in [0.4, 0.5) is 0 Å². The van der Waals surface area contributed by atoms with Crippen molar-refractivity contribution in [2.45, 2.75) is 197 Å². The van der Waals surface area contributed by atoms with Crippen LogP contribution in [0.25, 0.3) is 0 Å². The second-order valence-corrected chi connectivity index (χ2v) is 27.6. The van der Waals surface area contributed by atoms with Crippen LogP contribution in [-0.4, -0.2) is 22.6 Å². The molecule has 280 valence electrons. The lowest BCUT2D eigenvalue weighted by Gasteiger charge is -2.67. The molecule has 0 saturated heterocycles. The van der Waals surface area contributed by atoms with E-state index in [2.05, 4.69) is 16.2 Å². The Bertz CT molecular complexity index is 935. The van der Waals surface area contributed by atoms with Crippen molar-refractivity contribution in [2.24, 2.45) is 87.8 Å². The van der Waals surface area contributed by atoms with Crippen molar-refractivity contribution in [3.05, 3.63) is 0 Å². The van der Waals surface area contributed by atoms with Crippen LogP contribution in [-0.2, 0) is 0 Å². The fourth-order valence-corrected chi connectivity index (χ4v) is 26.6. The molecule has 0 aromatic rings. The summed E-state index contributed by atoms with van der Waals surface area (Å²) in [7, 11) is 3.33. The summed E-state index contributed by atoms with van der Waals surface area (Å²) in [6, 6.07) is 0. The number of unbranched alkanes of at least 4 members (excludes halogenated alkanes) is 1. The number of hydrogen-bond donors (Lipinski definition) is 0. The van der Waals surface area contributed by atoms with Gasteiger partial charge in [-0.05, 0) is 284 Å². The van der Waals surface area contributed by atoms with Gasteiger partial charge in [-0.15, -0.1) is 9.24 Å². The lowest BCUT2D eigenvalue weighted by atomic mass is 9.38. The Morgan fingerprint density at radius 3 is 0.980 bits per heavy atom. The van der Waals surface area contributed by atoms with E-state index >= 15 is 0 Å². The minimum absolute atomic E-state index is 0.285. The summed E-state index contributed by atoms with van der Waals surface area (Å²) < 4.78 is 0. The minimum atomic E-state index is 0.285. The Morgan fingerprint density at radius 2 is 0.720 bits per heavy atom. The van der Waals surface area contributed by atoms with Crippen LogP contribution in [0, 0.1) is 87.8 Å². The molecule has 0 spiro atoms. The first kappa shape index (κ1) is 34.1. The van der Waals surface area contributed by atoms with Crippen LogP contribution in [0.2, 0.25) is 0 Å². The number of rotatable bonds is 10. The van der Waals surface area contributed by atoms with Gasteiger partial charge in [0.1, 0.15) is 0 Å². The van der Waals surface area contributed by atoms with Crippen LogP contribution < -0.4 is 0 Å². The highest BCUT2D eigenvalue weighted by atomic mass is 31.1. The van der Waals surface area contributed by atoms with Gasteiger partial charge >= 0.3 is 0 Å². The molecular formula is C48H78P2. The van der Waals surface area contributed by atoms with Gasteiger partial charge in [0.15, 0.2) is 0 Å². The maximum absolute atomic E-state index is 3.04. The molecule has 0 radical (unpaired) electrons. The van der Waals surface area contributed by atoms with Gasteiger partial charge in [0.25, 0.3) is 0 Å². The normalized spacial score (nSPS) is 56.5. The molecule has 0 heterocycles. The van der Waals surface area contributed by atoms with E-state index in [1.54, 1.807) is 173 Å². The highest BCUT2D eigenvalue weighted by molar-refractivity contribution is 7.61. The molecule has 0 nitrogen and oxygen atoms in total. The molecular weight excluding hydrogens is 638 g/mol. The van der Waals surface area contributed by atoms with E-state index in [4.69, 9.17) is 0 Å². The molecule has 0 aromatic heterocycles. The monoisotopic (exact) mass is 717 g/mol. The van der Waals surface area contributed by atoms with Gasteiger partial charge in [0.05, 0.1) is 0 Å². The van der Waals surface area contributed by atoms with Gasteiger partial charge in [-0.3, -0.25) is 0 Å². The van der Waals surface area contributed by atoms with Crippen molar-refractivity contribution >= 4 is 17.2 Å². The highest BCUT2D eigenvalue weighted by Gasteiger charge is 2.64. The molecule has 16 fully saturated rings. The van der Waals surface area contributed by atoms with Crippen LogP contribution in [0.5, 0.6) is 0 Å². The molecule has 2 heteroatoms. The first-order chi connectivity index (χ1) is 24.3. The summed E-state index contributed by atoms with van der Waals surface area (Å²) in [5.74, 6) is 14.9. The third kappa shape index (κ3) is 5.64. The van der Waals surface area contributed by atoms with E-state index in [0.29, 0.717) is 0 Å². The van der Waals surface area contributed by atoms with Crippen molar-refractivity contribution in [1.29, 1.82) is 0 Å². The molecule has 1 atom stereocenters. The highest BCUT2D eigenvalue weighted by Crippen LogP contribution is 2.79. The summed E-state index contributed by atoms with van der Waals surface area (Å²) >= 11 is 0. The Balaban J connectivity index is 0.000000120. The Labute approximate surface area is 313 Å². The Kier molecular flexibility index (Phi) is 8.66. The molecule has 1 unspecified atom stereocenters. The van der Waals surface area contributed by atoms with E-state index in [9.17, 15) is 0 Å². The van der Waals surface area contributed by atoms with Crippen LogP contribution in [0.15, 0.2) is 0 Å². The second kappa shape index (κ2) is 12.7. The first-order valence-corrected chi connectivity index (χ1v) is 26.1. The average molecular weight is 717 g/mol. The zero-order valence-electron chi connectivity index (χ0n) is 32.7. The van der Waals surface area contributed by atoms with Crippen molar-refractivity contribution in [3.63, 3.8) is 0 Å². The van der Waals surface area contributed by atoms with Gasteiger partial charge in [-0.25, -0.2) is 0 Å². The van der Waals surface area contributed by atoms with E-state index < -0.39 is 0 Å². The molecule has 16 aliphatic carbocycles. The van der Waals surface area contributed by atoms with Crippen LogP contribution in [0.1, 0.15) is 187 Å². The molecule has 0 aromatic carbocycles. The maximum Gasteiger partial charge on any atom is -0.00815 e. The summed E-state index contributed by atoms with van der Waals surface area (Å²) in [4.78, 5) is 0. The SMILES string of the molecule is CCCCP(C12CC3CC(CC(C3)C1)C2)C12CC3CC(CC(C3)C1)C2.PCCCC(C12CC3CC(CC(C3)C1)C2)C12CC3CC(CC(C3)C1)C2. The summed E-state index contributed by atoms with van der Waals surface area (Å²) in [6.45, 7) is 2.45. The lowest BCUT2D eigenvalue weighted by molar-refractivity contribution is -0.174. The molecule has 16 aliphatic rings. The topological polar surface area (TPSA) is 0 Å².